The van der Waals surface area contributed by atoms with Crippen LogP contribution in [0.25, 0.3) is 5.76 Å². The first-order chi connectivity index (χ1) is 8.31. The van der Waals surface area contributed by atoms with Crippen molar-refractivity contribution in [1.29, 1.82) is 0 Å². The molecule has 1 heterocycles. The van der Waals surface area contributed by atoms with Gasteiger partial charge >= 0.3 is 0 Å². The summed E-state index contributed by atoms with van der Waals surface area (Å²) in [4.78, 5) is 4.25. The van der Waals surface area contributed by atoms with E-state index in [1.54, 1.807) is 0 Å². The molecular weight excluding hydrogens is 216 g/mol. The lowest BCUT2D eigenvalue weighted by Crippen LogP contribution is -2.07. The molecule has 2 N–H and O–H groups in total. The average molecular weight is 232 g/mol. The van der Waals surface area contributed by atoms with Gasteiger partial charge in [-0.2, -0.15) is 0 Å². The van der Waals surface area contributed by atoms with Gasteiger partial charge in [0.05, 0.1) is 6.54 Å². The van der Waals surface area contributed by atoms with Gasteiger partial charge in [-0.1, -0.05) is 18.7 Å². The summed E-state index contributed by atoms with van der Waals surface area (Å²) < 4.78 is 10.7. The molecule has 4 nitrogen and oxygen atoms in total. The Balaban J connectivity index is 2.04. The van der Waals surface area contributed by atoms with Gasteiger partial charge in [-0.15, -0.1) is 0 Å². The van der Waals surface area contributed by atoms with E-state index in [-0.39, 0.29) is 0 Å². The van der Waals surface area contributed by atoms with Gasteiger partial charge < -0.3 is 15.2 Å². The first-order valence-electron chi connectivity index (χ1n) is 5.61. The van der Waals surface area contributed by atoms with E-state index in [0.29, 0.717) is 31.4 Å². The zero-order valence-corrected chi connectivity index (χ0v) is 9.69. The van der Waals surface area contributed by atoms with Crippen LogP contribution in [0.3, 0.4) is 0 Å². The summed E-state index contributed by atoms with van der Waals surface area (Å²) in [5.41, 5.74) is 7.29. The fourth-order valence-corrected chi connectivity index (χ4v) is 1.57. The Hall–Kier alpha value is -1.81. The molecule has 1 aromatic carbocycles. The van der Waals surface area contributed by atoms with Crippen molar-refractivity contribution in [2.24, 2.45) is 10.7 Å². The number of ether oxygens (including phenoxy) is 2. The Labute approximate surface area is 101 Å². The third-order valence-electron chi connectivity index (χ3n) is 2.43. The van der Waals surface area contributed by atoms with Crippen LogP contribution < -0.4 is 5.73 Å². The molecule has 0 saturated carbocycles. The molecule has 0 spiro atoms. The van der Waals surface area contributed by atoms with Gasteiger partial charge in [-0.3, -0.25) is 0 Å². The highest BCUT2D eigenvalue weighted by Gasteiger charge is 2.10. The lowest BCUT2D eigenvalue weighted by atomic mass is 10.1. The van der Waals surface area contributed by atoms with Gasteiger partial charge in [0.25, 0.3) is 0 Å². The van der Waals surface area contributed by atoms with Crippen molar-refractivity contribution in [3.05, 3.63) is 42.0 Å². The van der Waals surface area contributed by atoms with Crippen molar-refractivity contribution < 1.29 is 9.47 Å². The van der Waals surface area contributed by atoms with Gasteiger partial charge in [0.2, 0.25) is 5.90 Å². The molecule has 0 bridgehead atoms. The zero-order chi connectivity index (χ0) is 12.1. The molecule has 0 saturated heterocycles. The largest absolute Gasteiger partial charge is 0.492 e. The van der Waals surface area contributed by atoms with E-state index in [1.165, 1.54) is 0 Å². The maximum absolute atomic E-state index is 5.38. The van der Waals surface area contributed by atoms with Crippen LogP contribution >= 0.6 is 0 Å². The van der Waals surface area contributed by atoms with Crippen molar-refractivity contribution in [1.82, 2.24) is 0 Å². The first-order valence-corrected chi connectivity index (χ1v) is 5.61. The molecule has 0 unspecified atom stereocenters. The summed E-state index contributed by atoms with van der Waals surface area (Å²) in [6.45, 7) is 6.23. The van der Waals surface area contributed by atoms with Crippen LogP contribution in [0.15, 0.2) is 35.8 Å². The maximum atomic E-state index is 5.38. The quantitative estimate of drug-likeness (QED) is 0.781. The van der Waals surface area contributed by atoms with E-state index in [9.17, 15) is 0 Å². The summed E-state index contributed by atoms with van der Waals surface area (Å²) in [5, 5.41) is 0. The zero-order valence-electron chi connectivity index (χ0n) is 9.69. The SMILES string of the molecule is C=C(OCCN)c1ccc(C2=NCCO2)cc1. The van der Waals surface area contributed by atoms with Gasteiger partial charge in [0.15, 0.2) is 0 Å². The maximum Gasteiger partial charge on any atom is 0.216 e. The molecule has 0 atom stereocenters. The van der Waals surface area contributed by atoms with Crippen LogP contribution in [0.1, 0.15) is 11.1 Å². The summed E-state index contributed by atoms with van der Waals surface area (Å²) in [5.74, 6) is 1.35. The van der Waals surface area contributed by atoms with Crippen LogP contribution in [0.4, 0.5) is 0 Å². The van der Waals surface area contributed by atoms with Crippen molar-refractivity contribution in [2.45, 2.75) is 0 Å². The summed E-state index contributed by atoms with van der Waals surface area (Å²) >= 11 is 0. The molecule has 17 heavy (non-hydrogen) atoms. The summed E-state index contributed by atoms with van der Waals surface area (Å²) in [6, 6.07) is 7.80. The minimum Gasteiger partial charge on any atom is -0.492 e. The minimum atomic E-state index is 0.483. The van der Waals surface area contributed by atoms with Crippen LogP contribution in [0.2, 0.25) is 0 Å². The highest BCUT2D eigenvalue weighted by atomic mass is 16.5. The van der Waals surface area contributed by atoms with E-state index >= 15 is 0 Å². The molecule has 0 fully saturated rings. The molecule has 1 aliphatic heterocycles. The lowest BCUT2D eigenvalue weighted by molar-refractivity contribution is 0.288. The minimum absolute atomic E-state index is 0.483. The summed E-state index contributed by atoms with van der Waals surface area (Å²) in [6.07, 6.45) is 0. The molecule has 4 heteroatoms. The molecule has 0 aromatic heterocycles. The van der Waals surface area contributed by atoms with Crippen molar-refractivity contribution in [3.63, 3.8) is 0 Å². The fraction of sp³-hybridized carbons (Fsp3) is 0.308. The van der Waals surface area contributed by atoms with Gasteiger partial charge in [-0.25, -0.2) is 4.99 Å². The predicted molar refractivity (Wildman–Crippen MR) is 67.8 cm³/mol. The van der Waals surface area contributed by atoms with Gasteiger partial charge in [-0.05, 0) is 12.1 Å². The number of nitrogens with two attached hydrogens (primary N) is 1. The van der Waals surface area contributed by atoms with Gasteiger partial charge in [0.1, 0.15) is 19.0 Å². The number of nitrogens with zero attached hydrogens (tertiary/aromatic N) is 1. The molecule has 1 aliphatic rings. The molecule has 1 aromatic rings. The average Bonchev–Trinajstić information content (AvgIpc) is 2.90. The van der Waals surface area contributed by atoms with Crippen LogP contribution in [-0.2, 0) is 9.47 Å². The fourth-order valence-electron chi connectivity index (χ4n) is 1.57. The number of rotatable bonds is 5. The highest BCUT2D eigenvalue weighted by Crippen LogP contribution is 2.16. The van der Waals surface area contributed by atoms with Crippen molar-refractivity contribution in [2.75, 3.05) is 26.3 Å². The number of hydrogen-bond acceptors (Lipinski definition) is 4. The molecule has 2 rings (SSSR count). The number of aliphatic imine (C=N–C) groups is 1. The highest BCUT2D eigenvalue weighted by molar-refractivity contribution is 5.95. The second kappa shape index (κ2) is 5.50. The molecule has 90 valence electrons. The second-order valence-electron chi connectivity index (χ2n) is 3.67. The third kappa shape index (κ3) is 2.85. The van der Waals surface area contributed by atoms with Crippen LogP contribution in [-0.4, -0.2) is 32.2 Å². The Morgan fingerprint density at radius 1 is 1.41 bits per heavy atom. The second-order valence-corrected chi connectivity index (χ2v) is 3.67. The molecule has 0 aliphatic carbocycles. The van der Waals surface area contributed by atoms with E-state index < -0.39 is 0 Å². The standard InChI is InChI=1S/C13H16N2O2/c1-10(16-8-6-14)11-2-4-12(5-3-11)13-15-7-9-17-13/h2-5H,1,6-9,14H2. The monoisotopic (exact) mass is 232 g/mol. The smallest absolute Gasteiger partial charge is 0.216 e. The van der Waals surface area contributed by atoms with E-state index in [4.69, 9.17) is 15.2 Å². The molecule has 0 amide bonds. The van der Waals surface area contributed by atoms with E-state index in [0.717, 1.165) is 17.7 Å². The number of hydrogen-bond donors (Lipinski definition) is 1. The predicted octanol–water partition coefficient (Wildman–Crippen LogP) is 1.41. The Bertz CT molecular complexity index is 424. The Morgan fingerprint density at radius 2 is 2.18 bits per heavy atom. The first kappa shape index (κ1) is 11.7. The Kier molecular flexibility index (Phi) is 3.77. The number of benzene rings is 1. The van der Waals surface area contributed by atoms with Crippen LogP contribution in [0.5, 0.6) is 0 Å². The van der Waals surface area contributed by atoms with Crippen molar-refractivity contribution >= 4 is 11.7 Å². The van der Waals surface area contributed by atoms with E-state index in [1.807, 2.05) is 24.3 Å². The molecule has 0 radical (unpaired) electrons. The van der Waals surface area contributed by atoms with Gasteiger partial charge in [0, 0.05) is 17.7 Å². The van der Waals surface area contributed by atoms with Crippen molar-refractivity contribution in [3.8, 4) is 0 Å². The topological polar surface area (TPSA) is 56.8 Å². The molecular formula is C13H16N2O2. The normalized spacial score (nSPS) is 14.1. The van der Waals surface area contributed by atoms with E-state index in [2.05, 4.69) is 11.6 Å². The van der Waals surface area contributed by atoms with Crippen LogP contribution in [0, 0.1) is 0 Å². The summed E-state index contributed by atoms with van der Waals surface area (Å²) in [7, 11) is 0. The lowest BCUT2D eigenvalue weighted by Gasteiger charge is -2.08. The third-order valence-corrected chi connectivity index (χ3v) is 2.43. The Morgan fingerprint density at radius 3 is 2.76 bits per heavy atom.